The Morgan fingerprint density at radius 2 is 1.94 bits per heavy atom. The highest BCUT2D eigenvalue weighted by Gasteiger charge is 2.11. The molecule has 1 heterocycles. The van der Waals surface area contributed by atoms with Crippen LogP contribution in [0.5, 0.6) is 5.75 Å². The van der Waals surface area contributed by atoms with Crippen LogP contribution in [-0.4, -0.2) is 13.7 Å². The molecule has 96 valence electrons. The van der Waals surface area contributed by atoms with E-state index in [4.69, 9.17) is 16.3 Å². The molecule has 1 aromatic carbocycles. The van der Waals surface area contributed by atoms with Crippen molar-refractivity contribution >= 4 is 22.9 Å². The molecular formula is C14H16ClNOS. The minimum atomic E-state index is 0.222. The van der Waals surface area contributed by atoms with Crippen molar-refractivity contribution in [2.24, 2.45) is 0 Å². The first-order valence-electron chi connectivity index (χ1n) is 5.81. The van der Waals surface area contributed by atoms with Gasteiger partial charge < -0.3 is 10.1 Å². The lowest BCUT2D eigenvalue weighted by molar-refractivity contribution is 0.275. The van der Waals surface area contributed by atoms with Crippen molar-refractivity contribution in [1.82, 2.24) is 5.32 Å². The van der Waals surface area contributed by atoms with Crippen LogP contribution in [0.2, 0.25) is 5.02 Å². The zero-order valence-corrected chi connectivity index (χ0v) is 12.0. The van der Waals surface area contributed by atoms with Crippen molar-refractivity contribution in [2.75, 3.05) is 13.7 Å². The summed E-state index contributed by atoms with van der Waals surface area (Å²) >= 11 is 7.63. The fourth-order valence-electron chi connectivity index (χ4n) is 1.66. The fourth-order valence-corrected chi connectivity index (χ4v) is 2.76. The molecule has 18 heavy (non-hydrogen) atoms. The molecule has 0 bridgehead atoms. The predicted octanol–water partition coefficient (Wildman–Crippen LogP) is 4.05. The van der Waals surface area contributed by atoms with Gasteiger partial charge in [0.05, 0.1) is 6.04 Å². The SMILES string of the molecule is CNC(COc1ccc(Cl)cc1)c1ccc(C)s1. The Kier molecular flexibility index (Phi) is 4.64. The summed E-state index contributed by atoms with van der Waals surface area (Å²) in [5.41, 5.74) is 0. The van der Waals surface area contributed by atoms with Crippen LogP contribution < -0.4 is 10.1 Å². The molecule has 0 saturated carbocycles. The Bertz CT molecular complexity index is 495. The largest absolute Gasteiger partial charge is 0.492 e. The molecule has 0 radical (unpaired) electrons. The van der Waals surface area contributed by atoms with Gasteiger partial charge in [-0.15, -0.1) is 11.3 Å². The third-order valence-electron chi connectivity index (χ3n) is 2.68. The summed E-state index contributed by atoms with van der Waals surface area (Å²) in [6.07, 6.45) is 0. The second kappa shape index (κ2) is 6.23. The van der Waals surface area contributed by atoms with Crippen molar-refractivity contribution in [3.63, 3.8) is 0 Å². The van der Waals surface area contributed by atoms with Crippen molar-refractivity contribution < 1.29 is 4.74 Å². The zero-order chi connectivity index (χ0) is 13.0. The molecule has 2 nitrogen and oxygen atoms in total. The lowest BCUT2D eigenvalue weighted by Crippen LogP contribution is -2.22. The molecule has 2 rings (SSSR count). The van der Waals surface area contributed by atoms with Gasteiger partial charge in [0.15, 0.2) is 0 Å². The summed E-state index contributed by atoms with van der Waals surface area (Å²) in [4.78, 5) is 2.61. The van der Waals surface area contributed by atoms with E-state index in [0.29, 0.717) is 6.61 Å². The molecule has 1 N–H and O–H groups in total. The van der Waals surface area contributed by atoms with E-state index in [-0.39, 0.29) is 6.04 Å². The van der Waals surface area contributed by atoms with Crippen LogP contribution in [0.15, 0.2) is 36.4 Å². The van der Waals surface area contributed by atoms with Crippen LogP contribution in [0.3, 0.4) is 0 Å². The number of hydrogen-bond donors (Lipinski definition) is 1. The van der Waals surface area contributed by atoms with E-state index >= 15 is 0 Å². The Morgan fingerprint density at radius 1 is 1.22 bits per heavy atom. The van der Waals surface area contributed by atoms with Gasteiger partial charge in [-0.25, -0.2) is 0 Å². The van der Waals surface area contributed by atoms with Gasteiger partial charge in [-0.1, -0.05) is 11.6 Å². The molecule has 4 heteroatoms. The molecule has 0 aliphatic carbocycles. The lowest BCUT2D eigenvalue weighted by atomic mass is 10.2. The first-order chi connectivity index (χ1) is 8.69. The number of benzene rings is 1. The second-order valence-corrected chi connectivity index (χ2v) is 5.81. The maximum atomic E-state index is 5.83. The highest BCUT2D eigenvalue weighted by atomic mass is 35.5. The third kappa shape index (κ3) is 3.48. The van der Waals surface area contributed by atoms with Crippen molar-refractivity contribution in [3.05, 3.63) is 51.2 Å². The van der Waals surface area contributed by atoms with E-state index in [0.717, 1.165) is 10.8 Å². The van der Waals surface area contributed by atoms with E-state index in [9.17, 15) is 0 Å². The van der Waals surface area contributed by atoms with Crippen LogP contribution >= 0.6 is 22.9 Å². The summed E-state index contributed by atoms with van der Waals surface area (Å²) in [5.74, 6) is 0.841. The number of ether oxygens (including phenoxy) is 1. The first-order valence-corrected chi connectivity index (χ1v) is 7.00. The standard InChI is InChI=1S/C14H16ClNOS/c1-10-3-8-14(18-10)13(16-2)9-17-12-6-4-11(15)5-7-12/h3-8,13,16H,9H2,1-2H3. The molecule has 0 fully saturated rings. The minimum Gasteiger partial charge on any atom is -0.492 e. The fraction of sp³-hybridized carbons (Fsp3) is 0.286. The van der Waals surface area contributed by atoms with Gasteiger partial charge in [0.2, 0.25) is 0 Å². The molecule has 0 aliphatic heterocycles. The van der Waals surface area contributed by atoms with E-state index in [1.54, 1.807) is 11.3 Å². The van der Waals surface area contributed by atoms with Crippen LogP contribution in [0.1, 0.15) is 15.8 Å². The smallest absolute Gasteiger partial charge is 0.119 e. The lowest BCUT2D eigenvalue weighted by Gasteiger charge is -2.15. The Labute approximate surface area is 117 Å². The van der Waals surface area contributed by atoms with Gasteiger partial charge in [-0.2, -0.15) is 0 Å². The topological polar surface area (TPSA) is 21.3 Å². The first kappa shape index (κ1) is 13.4. The summed E-state index contributed by atoms with van der Waals surface area (Å²) in [6, 6.07) is 11.9. The van der Waals surface area contributed by atoms with Gasteiger partial charge in [-0.05, 0) is 50.4 Å². The van der Waals surface area contributed by atoms with Crippen LogP contribution in [-0.2, 0) is 0 Å². The molecule has 1 aromatic heterocycles. The summed E-state index contributed by atoms with van der Waals surface area (Å²) in [7, 11) is 1.95. The molecule has 0 saturated heterocycles. The number of hydrogen-bond acceptors (Lipinski definition) is 3. The van der Waals surface area contributed by atoms with Crippen LogP contribution in [0.4, 0.5) is 0 Å². The van der Waals surface area contributed by atoms with Gasteiger partial charge in [0, 0.05) is 14.8 Å². The van der Waals surface area contributed by atoms with Gasteiger partial charge in [0.25, 0.3) is 0 Å². The highest BCUT2D eigenvalue weighted by molar-refractivity contribution is 7.12. The van der Waals surface area contributed by atoms with E-state index in [1.807, 2.05) is 31.3 Å². The maximum absolute atomic E-state index is 5.83. The highest BCUT2D eigenvalue weighted by Crippen LogP contribution is 2.24. The molecule has 0 aliphatic rings. The Hall–Kier alpha value is -1.03. The normalized spacial score (nSPS) is 12.4. The number of aryl methyl sites for hydroxylation is 1. The molecule has 1 unspecified atom stereocenters. The Balaban J connectivity index is 1.97. The molecular weight excluding hydrogens is 266 g/mol. The van der Waals surface area contributed by atoms with Gasteiger partial charge in [-0.3, -0.25) is 0 Å². The summed E-state index contributed by atoms with van der Waals surface area (Å²) in [6.45, 7) is 2.72. The van der Waals surface area contributed by atoms with Crippen LogP contribution in [0, 0.1) is 6.92 Å². The Morgan fingerprint density at radius 3 is 2.50 bits per heavy atom. The van der Waals surface area contributed by atoms with Crippen molar-refractivity contribution in [2.45, 2.75) is 13.0 Å². The van der Waals surface area contributed by atoms with Crippen molar-refractivity contribution in [1.29, 1.82) is 0 Å². The zero-order valence-electron chi connectivity index (χ0n) is 10.4. The molecule has 0 amide bonds. The minimum absolute atomic E-state index is 0.222. The monoisotopic (exact) mass is 281 g/mol. The van der Waals surface area contributed by atoms with Gasteiger partial charge >= 0.3 is 0 Å². The molecule has 1 atom stereocenters. The third-order valence-corrected chi connectivity index (χ3v) is 4.05. The number of likely N-dealkylation sites (N-methyl/N-ethyl adjacent to an activating group) is 1. The molecule has 2 aromatic rings. The average Bonchev–Trinajstić information content (AvgIpc) is 2.79. The number of rotatable bonds is 5. The average molecular weight is 282 g/mol. The number of nitrogens with one attached hydrogen (secondary N) is 1. The van der Waals surface area contributed by atoms with Gasteiger partial charge in [0.1, 0.15) is 12.4 Å². The van der Waals surface area contributed by atoms with Crippen molar-refractivity contribution in [3.8, 4) is 5.75 Å². The number of halogens is 1. The summed E-state index contributed by atoms with van der Waals surface area (Å²) in [5, 5.41) is 4.00. The quantitative estimate of drug-likeness (QED) is 0.893. The van der Waals surface area contributed by atoms with E-state index < -0.39 is 0 Å². The second-order valence-electron chi connectivity index (χ2n) is 4.05. The number of thiophene rings is 1. The van der Waals surface area contributed by atoms with Crippen LogP contribution in [0.25, 0.3) is 0 Å². The maximum Gasteiger partial charge on any atom is 0.119 e. The van der Waals surface area contributed by atoms with E-state index in [2.05, 4.69) is 24.4 Å². The predicted molar refractivity (Wildman–Crippen MR) is 77.8 cm³/mol. The van der Waals surface area contributed by atoms with E-state index in [1.165, 1.54) is 9.75 Å². The summed E-state index contributed by atoms with van der Waals surface area (Å²) < 4.78 is 5.76. The molecule has 0 spiro atoms.